The Morgan fingerprint density at radius 3 is 2.25 bits per heavy atom. The molecule has 1 heterocycles. The van der Waals surface area contributed by atoms with Gasteiger partial charge in [0.2, 0.25) is 0 Å². The van der Waals surface area contributed by atoms with E-state index in [-0.39, 0.29) is 0 Å². The summed E-state index contributed by atoms with van der Waals surface area (Å²) >= 11 is 0. The van der Waals surface area contributed by atoms with Crippen molar-refractivity contribution >= 4 is 0 Å². The zero-order valence-corrected chi connectivity index (χ0v) is 10.8. The highest BCUT2D eigenvalue weighted by Crippen LogP contribution is 2.01. The molecule has 0 aliphatic carbocycles. The molecule has 0 unspecified atom stereocenters. The van der Waals surface area contributed by atoms with Crippen LogP contribution in [0.15, 0.2) is 0 Å². The molecule has 4 heteroatoms. The van der Waals surface area contributed by atoms with Gasteiger partial charge in [-0.3, -0.25) is 9.80 Å². The number of piperazine rings is 1. The van der Waals surface area contributed by atoms with Gasteiger partial charge in [0, 0.05) is 46.0 Å². The van der Waals surface area contributed by atoms with Crippen LogP contribution in [0.1, 0.15) is 20.3 Å². The van der Waals surface area contributed by atoms with Gasteiger partial charge in [-0.05, 0) is 12.3 Å². The third-order valence-corrected chi connectivity index (χ3v) is 3.11. The van der Waals surface area contributed by atoms with Crippen LogP contribution < -0.4 is 5.73 Å². The van der Waals surface area contributed by atoms with Gasteiger partial charge >= 0.3 is 0 Å². The lowest BCUT2D eigenvalue weighted by Crippen LogP contribution is -2.48. The summed E-state index contributed by atoms with van der Waals surface area (Å²) in [5.74, 6) is 0.744. The zero-order valence-electron chi connectivity index (χ0n) is 10.8. The SMILES string of the molecule is CC(C)CCOCCN1CCN(CN)CC1. The standard InChI is InChI=1S/C12H27N3O/c1-12(2)3-9-16-10-8-14-4-6-15(11-13)7-5-14/h12H,3-11,13H2,1-2H3. The summed E-state index contributed by atoms with van der Waals surface area (Å²) in [7, 11) is 0. The van der Waals surface area contributed by atoms with Crippen LogP contribution in [0.4, 0.5) is 0 Å². The van der Waals surface area contributed by atoms with Crippen molar-refractivity contribution in [3.8, 4) is 0 Å². The van der Waals surface area contributed by atoms with Crippen LogP contribution >= 0.6 is 0 Å². The third kappa shape index (κ3) is 5.80. The van der Waals surface area contributed by atoms with Crippen LogP contribution in [0, 0.1) is 5.92 Å². The molecule has 1 fully saturated rings. The molecule has 0 atom stereocenters. The van der Waals surface area contributed by atoms with Gasteiger partial charge in [0.15, 0.2) is 0 Å². The van der Waals surface area contributed by atoms with Crippen molar-refractivity contribution in [2.45, 2.75) is 20.3 Å². The van der Waals surface area contributed by atoms with E-state index in [1.807, 2.05) is 0 Å². The predicted octanol–water partition coefficient (Wildman–Crippen LogP) is 0.583. The van der Waals surface area contributed by atoms with Crippen molar-refractivity contribution in [1.82, 2.24) is 9.80 Å². The van der Waals surface area contributed by atoms with E-state index >= 15 is 0 Å². The number of nitrogens with two attached hydrogens (primary N) is 1. The molecule has 1 rings (SSSR count). The summed E-state index contributed by atoms with van der Waals surface area (Å²) in [6, 6.07) is 0. The van der Waals surface area contributed by atoms with E-state index in [9.17, 15) is 0 Å². The smallest absolute Gasteiger partial charge is 0.0593 e. The van der Waals surface area contributed by atoms with Gasteiger partial charge < -0.3 is 10.5 Å². The molecule has 0 amide bonds. The van der Waals surface area contributed by atoms with Crippen LogP contribution in [-0.4, -0.2) is 62.4 Å². The summed E-state index contributed by atoms with van der Waals surface area (Å²) in [6.07, 6.45) is 1.17. The van der Waals surface area contributed by atoms with E-state index in [1.165, 1.54) is 6.42 Å². The molecule has 0 aromatic carbocycles. The number of ether oxygens (including phenoxy) is 1. The predicted molar refractivity (Wildman–Crippen MR) is 67.3 cm³/mol. The fourth-order valence-electron chi connectivity index (χ4n) is 1.81. The number of rotatable bonds is 7. The van der Waals surface area contributed by atoms with E-state index in [4.69, 9.17) is 10.5 Å². The molecule has 0 radical (unpaired) electrons. The largest absolute Gasteiger partial charge is 0.380 e. The maximum absolute atomic E-state index is 5.62. The zero-order chi connectivity index (χ0) is 11.8. The van der Waals surface area contributed by atoms with E-state index in [0.717, 1.165) is 51.9 Å². The number of nitrogens with zero attached hydrogens (tertiary/aromatic N) is 2. The second-order valence-corrected chi connectivity index (χ2v) is 4.94. The van der Waals surface area contributed by atoms with Crippen molar-refractivity contribution < 1.29 is 4.74 Å². The highest BCUT2D eigenvalue weighted by molar-refractivity contribution is 4.70. The molecule has 0 aromatic rings. The fourth-order valence-corrected chi connectivity index (χ4v) is 1.81. The highest BCUT2D eigenvalue weighted by atomic mass is 16.5. The van der Waals surface area contributed by atoms with Gasteiger partial charge in [0.25, 0.3) is 0 Å². The summed E-state index contributed by atoms with van der Waals surface area (Å²) in [6.45, 7) is 12.5. The van der Waals surface area contributed by atoms with Gasteiger partial charge in [0.1, 0.15) is 0 Å². The van der Waals surface area contributed by atoms with E-state index < -0.39 is 0 Å². The first-order chi connectivity index (χ1) is 7.72. The van der Waals surface area contributed by atoms with Crippen LogP contribution in [-0.2, 0) is 4.74 Å². The molecule has 0 bridgehead atoms. The summed E-state index contributed by atoms with van der Waals surface area (Å²) in [4.78, 5) is 4.75. The van der Waals surface area contributed by atoms with Crippen LogP contribution in [0.25, 0.3) is 0 Å². The van der Waals surface area contributed by atoms with Gasteiger partial charge in [-0.2, -0.15) is 0 Å². The molecule has 16 heavy (non-hydrogen) atoms. The summed E-state index contributed by atoms with van der Waals surface area (Å²) < 4.78 is 5.62. The maximum atomic E-state index is 5.62. The van der Waals surface area contributed by atoms with Crippen LogP contribution in [0.2, 0.25) is 0 Å². The van der Waals surface area contributed by atoms with Crippen molar-refractivity contribution in [2.75, 3.05) is 52.6 Å². The molecule has 0 saturated carbocycles. The van der Waals surface area contributed by atoms with E-state index in [0.29, 0.717) is 6.67 Å². The Hall–Kier alpha value is -0.160. The highest BCUT2D eigenvalue weighted by Gasteiger charge is 2.14. The van der Waals surface area contributed by atoms with Crippen molar-refractivity contribution in [2.24, 2.45) is 11.7 Å². The van der Waals surface area contributed by atoms with Gasteiger partial charge in [-0.15, -0.1) is 0 Å². The first-order valence-electron chi connectivity index (χ1n) is 6.45. The Kier molecular flexibility index (Phi) is 6.96. The van der Waals surface area contributed by atoms with Crippen molar-refractivity contribution in [3.63, 3.8) is 0 Å². The lowest BCUT2D eigenvalue weighted by Gasteiger charge is -2.33. The maximum Gasteiger partial charge on any atom is 0.0593 e. The van der Waals surface area contributed by atoms with Crippen molar-refractivity contribution in [3.05, 3.63) is 0 Å². The molecule has 4 nitrogen and oxygen atoms in total. The first kappa shape index (κ1) is 13.9. The van der Waals surface area contributed by atoms with Crippen molar-refractivity contribution in [1.29, 1.82) is 0 Å². The van der Waals surface area contributed by atoms with Gasteiger partial charge in [0.05, 0.1) is 6.61 Å². The Labute approximate surface area is 99.7 Å². The lowest BCUT2D eigenvalue weighted by molar-refractivity contribution is 0.0720. The fraction of sp³-hybridized carbons (Fsp3) is 1.00. The Morgan fingerprint density at radius 2 is 1.69 bits per heavy atom. The summed E-state index contributed by atoms with van der Waals surface area (Å²) in [5.41, 5.74) is 5.60. The molecule has 1 aliphatic heterocycles. The average Bonchev–Trinajstić information content (AvgIpc) is 2.29. The second-order valence-electron chi connectivity index (χ2n) is 4.94. The average molecular weight is 229 g/mol. The van der Waals surface area contributed by atoms with Crippen LogP contribution in [0.5, 0.6) is 0 Å². The normalized spacial score (nSPS) is 19.5. The third-order valence-electron chi connectivity index (χ3n) is 3.11. The lowest BCUT2D eigenvalue weighted by atomic mass is 10.1. The molecule has 96 valence electrons. The second kappa shape index (κ2) is 8.01. The van der Waals surface area contributed by atoms with Gasteiger partial charge in [-0.1, -0.05) is 13.8 Å². The Morgan fingerprint density at radius 1 is 1.06 bits per heavy atom. The molecular formula is C12H27N3O. The van der Waals surface area contributed by atoms with Crippen LogP contribution in [0.3, 0.4) is 0 Å². The molecule has 0 aromatic heterocycles. The minimum atomic E-state index is 0.693. The minimum absolute atomic E-state index is 0.693. The number of hydrogen-bond donors (Lipinski definition) is 1. The Balaban J connectivity index is 1.94. The van der Waals surface area contributed by atoms with Gasteiger partial charge in [-0.25, -0.2) is 0 Å². The molecule has 1 saturated heterocycles. The minimum Gasteiger partial charge on any atom is -0.380 e. The molecule has 2 N–H and O–H groups in total. The monoisotopic (exact) mass is 229 g/mol. The van der Waals surface area contributed by atoms with E-state index in [1.54, 1.807) is 0 Å². The Bertz CT molecular complexity index is 168. The molecular weight excluding hydrogens is 202 g/mol. The number of hydrogen-bond acceptors (Lipinski definition) is 4. The first-order valence-corrected chi connectivity index (χ1v) is 6.45. The molecule has 1 aliphatic rings. The van der Waals surface area contributed by atoms with E-state index in [2.05, 4.69) is 23.6 Å². The topological polar surface area (TPSA) is 41.7 Å². The quantitative estimate of drug-likeness (QED) is 0.649. The summed E-state index contributed by atoms with van der Waals surface area (Å²) in [5, 5.41) is 0. The molecule has 0 spiro atoms.